The van der Waals surface area contributed by atoms with Crippen molar-refractivity contribution in [3.63, 3.8) is 0 Å². The van der Waals surface area contributed by atoms with Gasteiger partial charge in [0, 0.05) is 26.2 Å². The Kier molecular flexibility index (Phi) is 5.12. The molecular formula is C16H28N2O3. The molecule has 0 aliphatic carbocycles. The molecule has 5 nitrogen and oxygen atoms in total. The lowest BCUT2D eigenvalue weighted by molar-refractivity contribution is -0.152. The highest BCUT2D eigenvalue weighted by molar-refractivity contribution is 5.77. The molecule has 1 unspecified atom stereocenters. The van der Waals surface area contributed by atoms with E-state index in [2.05, 4.69) is 6.92 Å². The Hall–Kier alpha value is -1.26. The highest BCUT2D eigenvalue weighted by Gasteiger charge is 2.41. The fraction of sp³-hybridized carbons (Fsp3) is 0.875. The van der Waals surface area contributed by atoms with Gasteiger partial charge in [-0.05, 0) is 38.0 Å². The zero-order valence-corrected chi connectivity index (χ0v) is 13.3. The third kappa shape index (κ3) is 3.33. The Morgan fingerprint density at radius 1 is 1.14 bits per heavy atom. The van der Waals surface area contributed by atoms with E-state index in [1.54, 1.807) is 0 Å². The quantitative estimate of drug-likeness (QED) is 0.867. The van der Waals surface area contributed by atoms with Crippen LogP contribution in [0.25, 0.3) is 0 Å². The molecule has 0 bridgehead atoms. The molecule has 2 heterocycles. The summed E-state index contributed by atoms with van der Waals surface area (Å²) in [4.78, 5) is 27.8. The predicted molar refractivity (Wildman–Crippen MR) is 81.2 cm³/mol. The third-order valence-corrected chi connectivity index (χ3v) is 5.37. The average molecular weight is 296 g/mol. The van der Waals surface area contributed by atoms with Crippen LogP contribution in [0.3, 0.4) is 0 Å². The third-order valence-electron chi connectivity index (χ3n) is 5.37. The van der Waals surface area contributed by atoms with Crippen LogP contribution in [-0.4, -0.2) is 53.1 Å². The summed E-state index contributed by atoms with van der Waals surface area (Å²) >= 11 is 0. The van der Waals surface area contributed by atoms with Crippen LogP contribution in [0, 0.1) is 11.3 Å². The van der Waals surface area contributed by atoms with Gasteiger partial charge in [-0.15, -0.1) is 0 Å². The van der Waals surface area contributed by atoms with E-state index in [1.165, 1.54) is 12.8 Å². The van der Waals surface area contributed by atoms with Gasteiger partial charge < -0.3 is 14.9 Å². The van der Waals surface area contributed by atoms with Crippen molar-refractivity contribution in [1.82, 2.24) is 9.80 Å². The fourth-order valence-corrected chi connectivity index (χ4v) is 3.69. The molecule has 21 heavy (non-hydrogen) atoms. The second-order valence-electron chi connectivity index (χ2n) is 6.60. The molecule has 0 aromatic rings. The Morgan fingerprint density at radius 2 is 1.81 bits per heavy atom. The van der Waals surface area contributed by atoms with Crippen molar-refractivity contribution >= 4 is 12.0 Å². The average Bonchev–Trinajstić information content (AvgIpc) is 2.95. The molecule has 2 aliphatic heterocycles. The number of hydrogen-bond donors (Lipinski definition) is 1. The van der Waals surface area contributed by atoms with E-state index in [-0.39, 0.29) is 6.03 Å². The lowest BCUT2D eigenvalue weighted by Crippen LogP contribution is -2.50. The van der Waals surface area contributed by atoms with Crippen LogP contribution in [0.5, 0.6) is 0 Å². The Labute approximate surface area is 127 Å². The number of likely N-dealkylation sites (tertiary alicyclic amines) is 2. The largest absolute Gasteiger partial charge is 0.481 e. The summed E-state index contributed by atoms with van der Waals surface area (Å²) < 4.78 is 0. The zero-order chi connectivity index (χ0) is 15.5. The normalized spacial score (nSPS) is 25.1. The summed E-state index contributed by atoms with van der Waals surface area (Å²) in [5, 5.41) is 9.41. The van der Waals surface area contributed by atoms with Crippen molar-refractivity contribution in [2.75, 3.05) is 26.2 Å². The van der Waals surface area contributed by atoms with Crippen LogP contribution in [-0.2, 0) is 4.79 Å². The number of carboxylic acids is 1. The molecule has 0 radical (unpaired) electrons. The van der Waals surface area contributed by atoms with Crippen molar-refractivity contribution in [1.29, 1.82) is 0 Å². The molecule has 2 fully saturated rings. The van der Waals surface area contributed by atoms with E-state index in [9.17, 15) is 14.7 Å². The van der Waals surface area contributed by atoms with Gasteiger partial charge in [-0.3, -0.25) is 4.79 Å². The van der Waals surface area contributed by atoms with Gasteiger partial charge in [-0.1, -0.05) is 20.3 Å². The van der Waals surface area contributed by atoms with Gasteiger partial charge in [0.25, 0.3) is 0 Å². The number of nitrogens with zero attached hydrogens (tertiary/aromatic N) is 2. The molecule has 2 amide bonds. The van der Waals surface area contributed by atoms with Crippen molar-refractivity contribution in [3.8, 4) is 0 Å². The van der Waals surface area contributed by atoms with Crippen LogP contribution >= 0.6 is 0 Å². The number of carboxylic acid groups (broad SMARTS) is 1. The molecule has 2 aliphatic rings. The first kappa shape index (κ1) is 16.1. The van der Waals surface area contributed by atoms with Crippen LogP contribution in [0.4, 0.5) is 4.79 Å². The summed E-state index contributed by atoms with van der Waals surface area (Å²) in [5.41, 5.74) is -0.619. The van der Waals surface area contributed by atoms with E-state index in [0.29, 0.717) is 38.3 Å². The molecule has 1 N–H and O–H groups in total. The maximum atomic E-state index is 12.5. The van der Waals surface area contributed by atoms with Crippen molar-refractivity contribution in [3.05, 3.63) is 0 Å². The topological polar surface area (TPSA) is 60.9 Å². The second kappa shape index (κ2) is 6.67. The van der Waals surface area contributed by atoms with Gasteiger partial charge in [-0.25, -0.2) is 4.79 Å². The number of piperidine rings is 1. The molecule has 0 aromatic carbocycles. The van der Waals surface area contributed by atoms with Crippen molar-refractivity contribution in [2.24, 2.45) is 11.3 Å². The second-order valence-corrected chi connectivity index (χ2v) is 6.60. The highest BCUT2D eigenvalue weighted by Crippen LogP contribution is 2.35. The first-order valence-corrected chi connectivity index (χ1v) is 8.29. The first-order valence-electron chi connectivity index (χ1n) is 8.29. The van der Waals surface area contributed by atoms with Gasteiger partial charge in [0.1, 0.15) is 0 Å². The molecule has 5 heteroatoms. The molecule has 2 saturated heterocycles. The molecule has 120 valence electrons. The molecule has 2 rings (SSSR count). The number of urea groups is 1. The summed E-state index contributed by atoms with van der Waals surface area (Å²) in [6, 6.07) is 0.115. The number of carbonyl (C=O) groups excluding carboxylic acids is 1. The lowest BCUT2D eigenvalue weighted by Gasteiger charge is -2.39. The summed E-state index contributed by atoms with van der Waals surface area (Å²) in [7, 11) is 0. The molecular weight excluding hydrogens is 268 g/mol. The van der Waals surface area contributed by atoms with Gasteiger partial charge in [-0.2, -0.15) is 0 Å². The van der Waals surface area contributed by atoms with Crippen LogP contribution in [0.2, 0.25) is 0 Å². The van der Waals surface area contributed by atoms with Gasteiger partial charge in [0.2, 0.25) is 0 Å². The van der Waals surface area contributed by atoms with Crippen LogP contribution < -0.4 is 0 Å². The van der Waals surface area contributed by atoms with E-state index in [1.807, 2.05) is 16.7 Å². The SMILES string of the molecule is CCCC1CCN(C(=O)N2CCC(CC)(C(=O)O)CC2)C1. The Balaban J connectivity index is 1.88. The zero-order valence-electron chi connectivity index (χ0n) is 13.3. The molecule has 1 atom stereocenters. The number of amides is 2. The minimum atomic E-state index is -0.707. The monoisotopic (exact) mass is 296 g/mol. The van der Waals surface area contributed by atoms with Crippen LogP contribution in [0.15, 0.2) is 0 Å². The number of aliphatic carboxylic acids is 1. The lowest BCUT2D eigenvalue weighted by atomic mass is 9.76. The standard InChI is InChI=1S/C16H28N2O3/c1-3-5-13-6-9-18(12-13)15(21)17-10-7-16(4-2,8-11-17)14(19)20/h13H,3-12H2,1-2H3,(H,19,20). The highest BCUT2D eigenvalue weighted by atomic mass is 16.4. The molecule has 0 spiro atoms. The Bertz CT molecular complexity index is 389. The fourth-order valence-electron chi connectivity index (χ4n) is 3.69. The summed E-state index contributed by atoms with van der Waals surface area (Å²) in [6.45, 7) is 7.01. The van der Waals surface area contributed by atoms with Crippen LogP contribution in [0.1, 0.15) is 52.4 Å². The molecule has 0 aromatic heterocycles. The van der Waals surface area contributed by atoms with E-state index in [0.717, 1.165) is 19.5 Å². The smallest absolute Gasteiger partial charge is 0.320 e. The minimum Gasteiger partial charge on any atom is -0.481 e. The summed E-state index contributed by atoms with van der Waals surface area (Å²) in [5.74, 6) is -0.0567. The maximum absolute atomic E-state index is 12.5. The van der Waals surface area contributed by atoms with Gasteiger partial charge >= 0.3 is 12.0 Å². The van der Waals surface area contributed by atoms with E-state index in [4.69, 9.17) is 0 Å². The van der Waals surface area contributed by atoms with E-state index >= 15 is 0 Å². The first-order chi connectivity index (χ1) is 10.0. The number of rotatable bonds is 4. The predicted octanol–water partition coefficient (Wildman–Crippen LogP) is 2.81. The minimum absolute atomic E-state index is 0.115. The summed E-state index contributed by atoms with van der Waals surface area (Å²) in [6.07, 6.45) is 5.29. The Morgan fingerprint density at radius 3 is 2.33 bits per heavy atom. The maximum Gasteiger partial charge on any atom is 0.320 e. The van der Waals surface area contributed by atoms with E-state index < -0.39 is 11.4 Å². The molecule has 0 saturated carbocycles. The van der Waals surface area contributed by atoms with Gasteiger partial charge in [0.05, 0.1) is 5.41 Å². The van der Waals surface area contributed by atoms with Crippen molar-refractivity contribution in [2.45, 2.75) is 52.4 Å². The number of carbonyl (C=O) groups is 2. The van der Waals surface area contributed by atoms with Gasteiger partial charge in [0.15, 0.2) is 0 Å². The number of hydrogen-bond acceptors (Lipinski definition) is 2. The van der Waals surface area contributed by atoms with Crippen molar-refractivity contribution < 1.29 is 14.7 Å².